The first-order chi connectivity index (χ1) is 20.7. The predicted molar refractivity (Wildman–Crippen MR) is 146 cm³/mol. The maximum absolute atomic E-state index is 12.1. The molecule has 10 nitrogen and oxygen atoms in total. The first-order valence-electron chi connectivity index (χ1n) is 12.6. The predicted octanol–water partition coefficient (Wildman–Crippen LogP) is 3.33. The summed E-state index contributed by atoms with van der Waals surface area (Å²) in [6.45, 7) is 0. The maximum atomic E-state index is 12.1. The molecular formula is C30H26F3IrN8O2-3. The van der Waals surface area contributed by atoms with Crippen molar-refractivity contribution in [2.75, 3.05) is 14.2 Å². The van der Waals surface area contributed by atoms with Gasteiger partial charge in [-0.1, -0.05) is 17.4 Å². The molecular weight excluding hydrogens is 754 g/mol. The molecule has 0 spiro atoms. The van der Waals surface area contributed by atoms with Gasteiger partial charge in [-0.05, 0) is 18.0 Å². The molecule has 4 aromatic heterocycles. The maximum Gasteiger partial charge on any atom is 0.429 e. The fraction of sp³-hybridized carbons (Fsp3) is 0.167. The molecule has 0 unspecified atom stereocenters. The third kappa shape index (κ3) is 9.35. The molecule has 6 aromatic rings. The van der Waals surface area contributed by atoms with E-state index < -0.39 is 12.0 Å². The first kappa shape index (κ1) is 33.7. The van der Waals surface area contributed by atoms with Crippen LogP contribution in [0.2, 0.25) is 0 Å². The molecule has 2 aromatic carbocycles. The van der Waals surface area contributed by atoms with Gasteiger partial charge in [0.25, 0.3) is 0 Å². The number of hydrogen-bond acceptors (Lipinski definition) is 5. The zero-order valence-electron chi connectivity index (χ0n) is 23.9. The summed E-state index contributed by atoms with van der Waals surface area (Å²) in [7, 11) is 7.16. The number of nitrogens with zero attached hydrogens (tertiary/aromatic N) is 8. The van der Waals surface area contributed by atoms with Gasteiger partial charge in [0.1, 0.15) is 5.82 Å². The zero-order chi connectivity index (χ0) is 30.8. The van der Waals surface area contributed by atoms with Crippen LogP contribution >= 0.6 is 0 Å². The average molecular weight is 780 g/mol. The molecule has 0 amide bonds. The van der Waals surface area contributed by atoms with E-state index in [0.29, 0.717) is 0 Å². The van der Waals surface area contributed by atoms with Crippen LogP contribution in [0.5, 0.6) is 11.5 Å². The summed E-state index contributed by atoms with van der Waals surface area (Å²) < 4.78 is 54.1. The molecule has 0 bridgehead atoms. The number of aromatic nitrogens is 8. The van der Waals surface area contributed by atoms with E-state index in [4.69, 9.17) is 9.47 Å². The minimum Gasteiger partial charge on any atom is -0.523 e. The Bertz CT molecular complexity index is 1650. The minimum absolute atomic E-state index is 0. The number of hydrogen-bond donors (Lipinski definition) is 0. The summed E-state index contributed by atoms with van der Waals surface area (Å²) in [6, 6.07) is 22.2. The number of aryl methyl sites for hydroxylation is 2. The molecule has 1 radical (unpaired) electrons. The van der Waals surface area contributed by atoms with E-state index in [1.165, 1.54) is 12.3 Å². The van der Waals surface area contributed by atoms with Crippen LogP contribution in [0.4, 0.5) is 13.2 Å². The van der Waals surface area contributed by atoms with Gasteiger partial charge in [0.15, 0.2) is 0 Å². The Morgan fingerprint density at radius 1 is 0.841 bits per heavy atom. The average Bonchev–Trinajstić information content (AvgIpc) is 3.80. The Morgan fingerprint density at radius 3 is 1.77 bits per heavy atom. The number of methoxy groups -OCH3 is 2. The van der Waals surface area contributed by atoms with Crippen LogP contribution in [-0.4, -0.2) is 38.4 Å². The third-order valence-corrected chi connectivity index (χ3v) is 5.51. The van der Waals surface area contributed by atoms with Crippen LogP contribution in [0.15, 0.2) is 85.6 Å². The zero-order valence-corrected chi connectivity index (χ0v) is 26.3. The van der Waals surface area contributed by atoms with Crippen LogP contribution in [0, 0.1) is 24.8 Å². The van der Waals surface area contributed by atoms with Crippen LogP contribution in [-0.2, 0) is 40.4 Å². The van der Waals surface area contributed by atoms with Gasteiger partial charge >= 0.3 is 6.18 Å². The minimum atomic E-state index is -4.57. The van der Waals surface area contributed by atoms with Crippen molar-refractivity contribution >= 4 is 0 Å². The number of pyridine rings is 1. The number of ether oxygens (including phenoxy) is 2. The summed E-state index contributed by atoms with van der Waals surface area (Å²) in [5, 5.41) is 6.25. The second-order valence-electron chi connectivity index (χ2n) is 8.66. The summed E-state index contributed by atoms with van der Waals surface area (Å²) in [5.41, 5.74) is 2.11. The fourth-order valence-corrected chi connectivity index (χ4v) is 3.44. The Hall–Kier alpha value is -4.81. The van der Waals surface area contributed by atoms with Crippen LogP contribution in [0.3, 0.4) is 0 Å². The Labute approximate surface area is 265 Å². The van der Waals surface area contributed by atoms with E-state index in [1.54, 1.807) is 26.4 Å². The number of rotatable bonds is 5. The van der Waals surface area contributed by atoms with Crippen molar-refractivity contribution in [3.8, 4) is 34.4 Å². The first-order valence-corrected chi connectivity index (χ1v) is 12.6. The van der Waals surface area contributed by atoms with Crippen molar-refractivity contribution in [1.82, 2.24) is 29.3 Å². The Balaban J connectivity index is 0.000000178. The number of benzene rings is 2. The molecule has 44 heavy (non-hydrogen) atoms. The van der Waals surface area contributed by atoms with Gasteiger partial charge in [0.05, 0.1) is 34.0 Å². The molecule has 0 saturated carbocycles. The molecule has 4 heterocycles. The van der Waals surface area contributed by atoms with Crippen LogP contribution in [0.25, 0.3) is 22.9 Å². The summed E-state index contributed by atoms with van der Waals surface area (Å²) in [5.74, 6) is 0.276. The summed E-state index contributed by atoms with van der Waals surface area (Å²) in [6.07, 6.45) is 10.7. The molecule has 0 atom stereocenters. The Morgan fingerprint density at radius 2 is 1.39 bits per heavy atom. The van der Waals surface area contributed by atoms with Crippen LogP contribution in [0.1, 0.15) is 5.82 Å². The van der Waals surface area contributed by atoms with E-state index >= 15 is 0 Å². The smallest absolute Gasteiger partial charge is 0.429 e. The summed E-state index contributed by atoms with van der Waals surface area (Å²) in [4.78, 5) is 7.05. The van der Waals surface area contributed by atoms with Gasteiger partial charge in [-0.15, -0.1) is 24.3 Å². The normalized spacial score (nSPS) is 10.4. The standard InChI is InChI=1S/2C11H11N2O.C8H4F3N4.Ir/c2*1-12-6-7-13(9-12)10-4-3-5-11(8-10)14-2;9-8(10,11)7-13-6(14-15-7)5-3-1-2-4-12-5;/h2*3,5-8H,1-2H3;1-4H;/q3*-1;. The van der Waals surface area contributed by atoms with Gasteiger partial charge in [0, 0.05) is 62.6 Å². The number of halogens is 3. The Kier molecular flexibility index (Phi) is 11.9. The van der Waals surface area contributed by atoms with Gasteiger partial charge in [-0.25, -0.2) is 0 Å². The van der Waals surface area contributed by atoms with Gasteiger partial charge in [-0.2, -0.15) is 37.4 Å². The quantitative estimate of drug-likeness (QED) is 0.197. The monoisotopic (exact) mass is 780 g/mol. The van der Waals surface area contributed by atoms with Crippen molar-refractivity contribution in [2.24, 2.45) is 14.1 Å². The largest absolute Gasteiger partial charge is 0.523 e. The molecule has 0 aliphatic rings. The van der Waals surface area contributed by atoms with Crippen molar-refractivity contribution in [3.05, 3.63) is 116 Å². The van der Waals surface area contributed by atoms with Crippen LogP contribution < -0.4 is 23.7 Å². The molecule has 0 aliphatic carbocycles. The van der Waals surface area contributed by atoms with E-state index in [2.05, 4.69) is 45.0 Å². The topological polar surface area (TPSA) is 88.9 Å². The molecule has 0 fully saturated rings. The molecule has 0 N–H and O–H groups in total. The van der Waals surface area contributed by atoms with Crippen molar-refractivity contribution in [2.45, 2.75) is 6.18 Å². The van der Waals surface area contributed by atoms with Gasteiger partial charge in [-0.3, -0.25) is 10.1 Å². The van der Waals surface area contributed by atoms with Gasteiger partial charge in [0.2, 0.25) is 12.7 Å². The summed E-state index contributed by atoms with van der Waals surface area (Å²) >= 11 is 0. The van der Waals surface area contributed by atoms with E-state index in [1.807, 2.05) is 93.5 Å². The number of imidazole rings is 2. The third-order valence-electron chi connectivity index (χ3n) is 5.51. The van der Waals surface area contributed by atoms with E-state index in [0.717, 1.165) is 22.9 Å². The fourth-order valence-electron chi connectivity index (χ4n) is 3.44. The van der Waals surface area contributed by atoms with Crippen molar-refractivity contribution in [1.29, 1.82) is 0 Å². The van der Waals surface area contributed by atoms with Crippen molar-refractivity contribution < 1.29 is 51.9 Å². The molecule has 0 aliphatic heterocycles. The van der Waals surface area contributed by atoms with E-state index in [9.17, 15) is 13.2 Å². The van der Waals surface area contributed by atoms with E-state index in [-0.39, 0.29) is 31.6 Å². The second kappa shape index (κ2) is 15.6. The number of alkyl halides is 3. The second-order valence-corrected chi connectivity index (χ2v) is 8.66. The van der Waals surface area contributed by atoms with Crippen molar-refractivity contribution in [3.63, 3.8) is 0 Å². The molecule has 6 rings (SSSR count). The molecule has 231 valence electrons. The molecule has 0 saturated heterocycles. The SMILES string of the molecule is COc1cc[c-]c(-n2[c-][n+](C)cc2)c1.COc1cc[c-]c(-n2[c-][n+](C)cc2)c1.FC(F)(F)c1n[n-]c(-c2ccccn2)n1.[Ir]. The van der Waals surface area contributed by atoms with Gasteiger partial charge < -0.3 is 37.8 Å². The molecule has 14 heteroatoms.